The number of aromatic nitrogens is 2. The van der Waals surface area contributed by atoms with Crippen LogP contribution in [0.3, 0.4) is 0 Å². The maximum atomic E-state index is 6.11. The minimum atomic E-state index is 0.177. The fraction of sp³-hybridized carbons (Fsp3) is 0.750. The van der Waals surface area contributed by atoms with Gasteiger partial charge in [-0.1, -0.05) is 18.5 Å². The highest BCUT2D eigenvalue weighted by atomic mass is 35.5. The Labute approximate surface area is 103 Å². The molecule has 1 atom stereocenters. The van der Waals surface area contributed by atoms with E-state index in [0.29, 0.717) is 5.92 Å². The van der Waals surface area contributed by atoms with Gasteiger partial charge < -0.3 is 5.32 Å². The molecule has 0 spiro atoms. The molecule has 1 heterocycles. The molecule has 3 nitrogen and oxygen atoms in total. The molecule has 0 aliphatic heterocycles. The Kier molecular flexibility index (Phi) is 4.39. The highest BCUT2D eigenvalue weighted by Gasteiger charge is 2.15. The summed E-state index contributed by atoms with van der Waals surface area (Å²) in [6.45, 7) is 9.71. The van der Waals surface area contributed by atoms with Gasteiger partial charge in [-0.25, -0.2) is 0 Å². The van der Waals surface area contributed by atoms with E-state index in [0.717, 1.165) is 23.7 Å². The Morgan fingerprint density at radius 2 is 2.12 bits per heavy atom. The monoisotopic (exact) mass is 243 g/mol. The minimum absolute atomic E-state index is 0.177. The summed E-state index contributed by atoms with van der Waals surface area (Å²) in [7, 11) is 1.94. The lowest BCUT2D eigenvalue weighted by Crippen LogP contribution is -2.36. The summed E-state index contributed by atoms with van der Waals surface area (Å²) in [5.74, 6) is 0.426. The molecule has 16 heavy (non-hydrogen) atoms. The average molecular weight is 244 g/mol. The van der Waals surface area contributed by atoms with Gasteiger partial charge >= 0.3 is 0 Å². The maximum Gasteiger partial charge on any atom is 0.0820 e. The van der Waals surface area contributed by atoms with E-state index in [1.165, 1.54) is 0 Å². The molecule has 1 aromatic heterocycles. The SMILES string of the molecule is CC(CCNC(C)(C)C)c1c(Cl)cnn1C. The van der Waals surface area contributed by atoms with Crippen molar-refractivity contribution >= 4 is 11.6 Å². The number of halogens is 1. The molecule has 92 valence electrons. The van der Waals surface area contributed by atoms with Crippen molar-refractivity contribution in [3.63, 3.8) is 0 Å². The molecule has 0 radical (unpaired) electrons. The van der Waals surface area contributed by atoms with E-state index >= 15 is 0 Å². The first kappa shape index (κ1) is 13.5. The maximum absolute atomic E-state index is 6.11. The highest BCUT2D eigenvalue weighted by molar-refractivity contribution is 6.31. The molecular weight excluding hydrogens is 222 g/mol. The highest BCUT2D eigenvalue weighted by Crippen LogP contribution is 2.25. The zero-order valence-corrected chi connectivity index (χ0v) is 11.6. The van der Waals surface area contributed by atoms with Crippen molar-refractivity contribution in [2.24, 2.45) is 7.05 Å². The largest absolute Gasteiger partial charge is 0.312 e. The van der Waals surface area contributed by atoms with Gasteiger partial charge in [-0.3, -0.25) is 4.68 Å². The number of hydrogen-bond acceptors (Lipinski definition) is 2. The Morgan fingerprint density at radius 1 is 1.50 bits per heavy atom. The second-order valence-corrected chi connectivity index (χ2v) is 5.78. The standard InChI is InChI=1S/C12H22ClN3/c1-9(6-7-14-12(2,3)4)11-10(13)8-15-16(11)5/h8-9,14H,6-7H2,1-5H3. The summed E-state index contributed by atoms with van der Waals surface area (Å²) < 4.78 is 1.87. The lowest BCUT2D eigenvalue weighted by molar-refractivity contribution is 0.410. The van der Waals surface area contributed by atoms with Gasteiger partial charge in [0.05, 0.1) is 16.9 Å². The van der Waals surface area contributed by atoms with E-state index in [-0.39, 0.29) is 5.54 Å². The van der Waals surface area contributed by atoms with Crippen molar-refractivity contribution in [1.82, 2.24) is 15.1 Å². The summed E-state index contributed by atoms with van der Waals surface area (Å²) in [4.78, 5) is 0. The third-order valence-corrected chi connectivity index (χ3v) is 2.93. The fourth-order valence-electron chi connectivity index (χ4n) is 1.77. The Bertz CT molecular complexity index is 319. The smallest absolute Gasteiger partial charge is 0.0820 e. The van der Waals surface area contributed by atoms with Gasteiger partial charge in [0, 0.05) is 18.5 Å². The molecular formula is C12H22ClN3. The fourth-order valence-corrected chi connectivity index (χ4v) is 2.13. The number of nitrogens with one attached hydrogen (secondary N) is 1. The Hall–Kier alpha value is -0.540. The number of nitrogens with zero attached hydrogens (tertiary/aromatic N) is 2. The van der Waals surface area contributed by atoms with Crippen LogP contribution in [0.2, 0.25) is 5.02 Å². The Morgan fingerprint density at radius 3 is 2.56 bits per heavy atom. The lowest BCUT2D eigenvalue weighted by Gasteiger charge is -2.22. The Balaban J connectivity index is 2.50. The molecule has 0 amide bonds. The average Bonchev–Trinajstić information content (AvgIpc) is 2.43. The molecule has 1 rings (SSSR count). The second-order valence-electron chi connectivity index (χ2n) is 5.37. The van der Waals surface area contributed by atoms with Crippen LogP contribution in [-0.4, -0.2) is 21.9 Å². The van der Waals surface area contributed by atoms with Gasteiger partial charge in [-0.15, -0.1) is 0 Å². The minimum Gasteiger partial charge on any atom is -0.312 e. The van der Waals surface area contributed by atoms with Crippen molar-refractivity contribution in [1.29, 1.82) is 0 Å². The molecule has 0 fully saturated rings. The molecule has 0 bridgehead atoms. The molecule has 0 aliphatic carbocycles. The summed E-state index contributed by atoms with van der Waals surface area (Å²) in [5, 5.41) is 8.41. The van der Waals surface area contributed by atoms with E-state index in [1.54, 1.807) is 6.20 Å². The summed E-state index contributed by atoms with van der Waals surface area (Å²) in [6.07, 6.45) is 2.78. The van der Waals surface area contributed by atoms with Crippen LogP contribution in [0.5, 0.6) is 0 Å². The first-order valence-corrected chi connectivity index (χ1v) is 6.11. The third-order valence-electron chi connectivity index (χ3n) is 2.64. The predicted octanol–water partition coefficient (Wildman–Crippen LogP) is 2.96. The van der Waals surface area contributed by atoms with Crippen molar-refractivity contribution in [3.05, 3.63) is 16.9 Å². The zero-order chi connectivity index (χ0) is 12.3. The quantitative estimate of drug-likeness (QED) is 0.881. The van der Waals surface area contributed by atoms with Gasteiger partial charge in [0.15, 0.2) is 0 Å². The molecule has 0 aliphatic rings. The lowest BCUT2D eigenvalue weighted by atomic mass is 10.0. The van der Waals surface area contributed by atoms with E-state index in [4.69, 9.17) is 11.6 Å². The van der Waals surface area contributed by atoms with Crippen molar-refractivity contribution in [2.45, 2.75) is 45.6 Å². The third kappa shape index (κ3) is 3.80. The van der Waals surface area contributed by atoms with E-state index in [1.807, 2.05) is 11.7 Å². The topological polar surface area (TPSA) is 29.9 Å². The van der Waals surface area contributed by atoms with Crippen LogP contribution in [0.4, 0.5) is 0 Å². The molecule has 4 heteroatoms. The molecule has 0 saturated carbocycles. The molecule has 0 aromatic carbocycles. The van der Waals surface area contributed by atoms with E-state index in [2.05, 4.69) is 38.1 Å². The van der Waals surface area contributed by atoms with E-state index in [9.17, 15) is 0 Å². The van der Waals surface area contributed by atoms with Gasteiger partial charge in [-0.05, 0) is 33.7 Å². The molecule has 1 aromatic rings. The molecule has 1 N–H and O–H groups in total. The van der Waals surface area contributed by atoms with Crippen LogP contribution in [0.15, 0.2) is 6.20 Å². The van der Waals surface area contributed by atoms with Crippen LogP contribution < -0.4 is 5.32 Å². The van der Waals surface area contributed by atoms with Gasteiger partial charge in [-0.2, -0.15) is 5.10 Å². The van der Waals surface area contributed by atoms with Crippen LogP contribution >= 0.6 is 11.6 Å². The van der Waals surface area contributed by atoms with Crippen molar-refractivity contribution < 1.29 is 0 Å². The normalized spacial score (nSPS) is 14.1. The van der Waals surface area contributed by atoms with Crippen molar-refractivity contribution in [3.8, 4) is 0 Å². The van der Waals surface area contributed by atoms with Gasteiger partial charge in [0.25, 0.3) is 0 Å². The van der Waals surface area contributed by atoms with Gasteiger partial charge in [0.1, 0.15) is 0 Å². The van der Waals surface area contributed by atoms with E-state index < -0.39 is 0 Å². The zero-order valence-electron chi connectivity index (χ0n) is 10.8. The van der Waals surface area contributed by atoms with Crippen molar-refractivity contribution in [2.75, 3.05) is 6.54 Å². The molecule has 0 saturated heterocycles. The predicted molar refractivity (Wildman–Crippen MR) is 69.0 cm³/mol. The summed E-state index contributed by atoms with van der Waals surface area (Å²) in [6, 6.07) is 0. The van der Waals surface area contributed by atoms with Gasteiger partial charge in [0.2, 0.25) is 0 Å². The summed E-state index contributed by atoms with van der Waals surface area (Å²) in [5.41, 5.74) is 1.30. The van der Waals surface area contributed by atoms with Crippen LogP contribution in [0.25, 0.3) is 0 Å². The summed E-state index contributed by atoms with van der Waals surface area (Å²) >= 11 is 6.11. The first-order chi connectivity index (χ1) is 7.31. The number of hydrogen-bond donors (Lipinski definition) is 1. The van der Waals surface area contributed by atoms with Crippen LogP contribution in [0, 0.1) is 0 Å². The number of aryl methyl sites for hydroxylation is 1. The van der Waals surface area contributed by atoms with Crippen LogP contribution in [0.1, 0.15) is 45.7 Å². The van der Waals surface area contributed by atoms with Crippen LogP contribution in [-0.2, 0) is 7.05 Å². The first-order valence-electron chi connectivity index (χ1n) is 5.73. The number of rotatable bonds is 4. The molecule has 1 unspecified atom stereocenters. The second kappa shape index (κ2) is 5.19.